The van der Waals surface area contributed by atoms with Crippen LogP contribution in [0.5, 0.6) is 0 Å². The van der Waals surface area contributed by atoms with Crippen LogP contribution in [0.4, 0.5) is 0 Å². The molecule has 156 valence electrons. The lowest BCUT2D eigenvalue weighted by molar-refractivity contribution is -0.129. The predicted molar refractivity (Wildman–Crippen MR) is 120 cm³/mol. The molecule has 6 nitrogen and oxygen atoms in total. The molecule has 0 saturated heterocycles. The molecule has 1 aromatic heterocycles. The van der Waals surface area contributed by atoms with Crippen molar-refractivity contribution >= 4 is 35.2 Å². The highest BCUT2D eigenvalue weighted by Gasteiger charge is 2.17. The Hall–Kier alpha value is -2.77. The smallest absolute Gasteiger partial charge is 0.233 e. The molecule has 0 aliphatic carbocycles. The van der Waals surface area contributed by atoms with E-state index in [0.717, 1.165) is 16.8 Å². The lowest BCUT2D eigenvalue weighted by Gasteiger charge is -2.22. The van der Waals surface area contributed by atoms with Gasteiger partial charge in [-0.2, -0.15) is 0 Å². The Bertz CT molecular complexity index is 1020. The van der Waals surface area contributed by atoms with E-state index in [4.69, 9.17) is 17.3 Å². The number of rotatable bonds is 9. The van der Waals surface area contributed by atoms with Gasteiger partial charge in [0.25, 0.3) is 0 Å². The molecule has 0 spiro atoms. The van der Waals surface area contributed by atoms with Crippen LogP contribution in [-0.2, 0) is 16.1 Å². The number of benzene rings is 2. The normalized spacial score (nSPS) is 10.7. The highest BCUT2D eigenvalue weighted by Crippen LogP contribution is 2.26. The Balaban J connectivity index is 1.72. The Morgan fingerprint density at radius 3 is 2.67 bits per heavy atom. The predicted octanol–water partition coefficient (Wildman–Crippen LogP) is 3.83. The summed E-state index contributed by atoms with van der Waals surface area (Å²) in [6, 6.07) is 15.4. The standard InChI is InChI=1S/C22H23ClN4O2S/c1-16-18(23)8-5-9-19(16)27-13-11-25-22(27)30-15-21(29)26(12-10-20(24)28)14-17-6-3-2-4-7-17/h2-9,11,13H,10,12,14-15H2,1H3,(H2,24,28). The minimum atomic E-state index is -0.430. The summed E-state index contributed by atoms with van der Waals surface area (Å²) in [5, 5.41) is 1.37. The average Bonchev–Trinajstić information content (AvgIpc) is 3.20. The van der Waals surface area contributed by atoms with Crippen molar-refractivity contribution in [1.82, 2.24) is 14.5 Å². The number of nitrogens with two attached hydrogens (primary N) is 1. The molecule has 0 aliphatic heterocycles. The third kappa shape index (κ3) is 5.64. The number of hydrogen-bond acceptors (Lipinski definition) is 4. The SMILES string of the molecule is Cc1c(Cl)cccc1-n1ccnc1SCC(=O)N(CCC(N)=O)Cc1ccccc1. The molecule has 2 aromatic carbocycles. The number of amides is 2. The highest BCUT2D eigenvalue weighted by molar-refractivity contribution is 7.99. The van der Waals surface area contributed by atoms with Gasteiger partial charge in [0.2, 0.25) is 11.8 Å². The largest absolute Gasteiger partial charge is 0.370 e. The van der Waals surface area contributed by atoms with Crippen molar-refractivity contribution in [3.05, 3.63) is 77.1 Å². The van der Waals surface area contributed by atoms with Crippen LogP contribution in [0.1, 0.15) is 17.5 Å². The number of imidazole rings is 1. The van der Waals surface area contributed by atoms with Gasteiger partial charge in [-0.05, 0) is 30.2 Å². The molecular weight excluding hydrogens is 420 g/mol. The first-order chi connectivity index (χ1) is 14.5. The molecular formula is C22H23ClN4O2S. The number of thioether (sulfide) groups is 1. The summed E-state index contributed by atoms with van der Waals surface area (Å²) >= 11 is 7.60. The maximum Gasteiger partial charge on any atom is 0.233 e. The molecule has 3 aromatic rings. The van der Waals surface area contributed by atoms with Crippen LogP contribution in [0.15, 0.2) is 66.1 Å². The third-order valence-corrected chi connectivity index (χ3v) is 5.99. The van der Waals surface area contributed by atoms with E-state index in [-0.39, 0.29) is 24.6 Å². The van der Waals surface area contributed by atoms with Gasteiger partial charge in [0.1, 0.15) is 0 Å². The van der Waals surface area contributed by atoms with Crippen molar-refractivity contribution in [2.45, 2.75) is 25.0 Å². The molecule has 0 fully saturated rings. The number of hydrogen-bond donors (Lipinski definition) is 1. The van der Waals surface area contributed by atoms with Gasteiger partial charge >= 0.3 is 0 Å². The van der Waals surface area contributed by atoms with Gasteiger partial charge in [0, 0.05) is 36.9 Å². The molecule has 2 amide bonds. The van der Waals surface area contributed by atoms with Gasteiger partial charge in [-0.3, -0.25) is 14.2 Å². The highest BCUT2D eigenvalue weighted by atomic mass is 35.5. The molecule has 0 bridgehead atoms. The summed E-state index contributed by atoms with van der Waals surface area (Å²) in [5.41, 5.74) is 8.15. The van der Waals surface area contributed by atoms with Crippen LogP contribution in [0.2, 0.25) is 5.02 Å². The number of halogens is 1. The second-order valence-corrected chi connectivity index (χ2v) is 8.12. The Morgan fingerprint density at radius 1 is 1.17 bits per heavy atom. The molecule has 8 heteroatoms. The summed E-state index contributed by atoms with van der Waals surface area (Å²) < 4.78 is 1.92. The lowest BCUT2D eigenvalue weighted by atomic mass is 10.2. The number of carbonyl (C=O) groups excluding carboxylic acids is 2. The van der Waals surface area contributed by atoms with Crippen LogP contribution in [-0.4, -0.2) is 38.6 Å². The summed E-state index contributed by atoms with van der Waals surface area (Å²) in [7, 11) is 0. The van der Waals surface area contributed by atoms with E-state index in [1.54, 1.807) is 11.1 Å². The van der Waals surface area contributed by atoms with Crippen molar-refractivity contribution < 1.29 is 9.59 Å². The maximum atomic E-state index is 12.9. The quantitative estimate of drug-likeness (QED) is 0.510. The molecule has 0 saturated carbocycles. The average molecular weight is 443 g/mol. The van der Waals surface area contributed by atoms with Gasteiger partial charge in [0.05, 0.1) is 11.4 Å². The first kappa shape index (κ1) is 21.9. The van der Waals surface area contributed by atoms with E-state index in [2.05, 4.69) is 4.98 Å². The first-order valence-corrected chi connectivity index (χ1v) is 10.8. The second-order valence-electron chi connectivity index (χ2n) is 6.77. The van der Waals surface area contributed by atoms with E-state index >= 15 is 0 Å². The van der Waals surface area contributed by atoms with Crippen molar-refractivity contribution in [2.24, 2.45) is 5.73 Å². The minimum absolute atomic E-state index is 0.0810. The number of aromatic nitrogens is 2. The number of nitrogens with zero attached hydrogens (tertiary/aromatic N) is 3. The van der Waals surface area contributed by atoms with E-state index < -0.39 is 5.91 Å². The fraction of sp³-hybridized carbons (Fsp3) is 0.227. The van der Waals surface area contributed by atoms with Gasteiger partial charge in [-0.25, -0.2) is 4.98 Å². The molecule has 0 unspecified atom stereocenters. The lowest BCUT2D eigenvalue weighted by Crippen LogP contribution is -2.34. The van der Waals surface area contributed by atoms with Gasteiger partial charge in [-0.1, -0.05) is 59.8 Å². The zero-order chi connectivity index (χ0) is 21.5. The summed E-state index contributed by atoms with van der Waals surface area (Å²) in [6.07, 6.45) is 3.67. The zero-order valence-corrected chi connectivity index (χ0v) is 18.2. The van der Waals surface area contributed by atoms with Crippen LogP contribution < -0.4 is 5.73 Å². The molecule has 30 heavy (non-hydrogen) atoms. The summed E-state index contributed by atoms with van der Waals surface area (Å²) in [4.78, 5) is 30.2. The van der Waals surface area contributed by atoms with E-state index in [1.165, 1.54) is 11.8 Å². The fourth-order valence-corrected chi connectivity index (χ4v) is 4.03. The Labute approximate surface area is 185 Å². The van der Waals surface area contributed by atoms with Crippen molar-refractivity contribution in [3.8, 4) is 5.69 Å². The summed E-state index contributed by atoms with van der Waals surface area (Å²) in [6.45, 7) is 2.66. The number of carbonyl (C=O) groups is 2. The van der Waals surface area contributed by atoms with Gasteiger partial charge < -0.3 is 10.6 Å². The van der Waals surface area contributed by atoms with Crippen molar-refractivity contribution in [3.63, 3.8) is 0 Å². The van der Waals surface area contributed by atoms with Crippen molar-refractivity contribution in [2.75, 3.05) is 12.3 Å². The van der Waals surface area contributed by atoms with Crippen LogP contribution in [0.3, 0.4) is 0 Å². The van der Waals surface area contributed by atoms with Crippen LogP contribution in [0, 0.1) is 6.92 Å². The summed E-state index contributed by atoms with van der Waals surface area (Å²) in [5.74, 6) is -0.315. The van der Waals surface area contributed by atoms with Crippen molar-refractivity contribution in [1.29, 1.82) is 0 Å². The molecule has 0 atom stereocenters. The fourth-order valence-electron chi connectivity index (χ4n) is 3.00. The molecule has 2 N–H and O–H groups in total. The van der Waals surface area contributed by atoms with Crippen LogP contribution >= 0.6 is 23.4 Å². The van der Waals surface area contributed by atoms with Gasteiger partial charge in [0.15, 0.2) is 5.16 Å². The monoisotopic (exact) mass is 442 g/mol. The Morgan fingerprint density at radius 2 is 1.93 bits per heavy atom. The maximum absolute atomic E-state index is 12.9. The first-order valence-electron chi connectivity index (χ1n) is 9.47. The minimum Gasteiger partial charge on any atom is -0.370 e. The second kappa shape index (κ2) is 10.3. The molecule has 0 aliphatic rings. The van der Waals surface area contributed by atoms with Gasteiger partial charge in [-0.15, -0.1) is 0 Å². The van der Waals surface area contributed by atoms with Crippen LogP contribution in [0.25, 0.3) is 5.69 Å². The third-order valence-electron chi connectivity index (χ3n) is 4.63. The van der Waals surface area contributed by atoms with E-state index in [0.29, 0.717) is 16.7 Å². The number of primary amides is 1. The molecule has 0 radical (unpaired) electrons. The van der Waals surface area contributed by atoms with E-state index in [9.17, 15) is 9.59 Å². The van der Waals surface area contributed by atoms with E-state index in [1.807, 2.05) is 66.2 Å². The molecule has 3 rings (SSSR count). The zero-order valence-electron chi connectivity index (χ0n) is 16.6. The topological polar surface area (TPSA) is 81.2 Å². The Kier molecular flexibility index (Phi) is 7.54. The molecule has 1 heterocycles.